The van der Waals surface area contributed by atoms with Crippen molar-refractivity contribution in [1.82, 2.24) is 0 Å². The molecule has 2 aromatic rings. The molecule has 0 fully saturated rings. The summed E-state index contributed by atoms with van der Waals surface area (Å²) < 4.78 is 12.8. The second-order valence-corrected chi connectivity index (χ2v) is 4.22. The zero-order valence-electron chi connectivity index (χ0n) is 10.8. The molecule has 0 saturated heterocycles. The molecular weight excluding hydrogens is 259 g/mol. The van der Waals surface area contributed by atoms with Crippen molar-refractivity contribution >= 4 is 23.2 Å². The molecule has 0 unspecified atom stereocenters. The molecule has 0 radical (unpaired) electrons. The molecule has 2 aromatic carbocycles. The number of hydrogen-bond acceptors (Lipinski definition) is 2. The Hall–Kier alpha value is -2.69. The van der Waals surface area contributed by atoms with Crippen LogP contribution in [0, 0.1) is 5.82 Å². The summed E-state index contributed by atoms with van der Waals surface area (Å²) in [5.41, 5.74) is 1.50. The number of carbonyl (C=O) groups is 2. The van der Waals surface area contributed by atoms with Gasteiger partial charge in [-0.25, -0.2) is 4.39 Å². The van der Waals surface area contributed by atoms with E-state index in [1.165, 1.54) is 31.2 Å². The summed E-state index contributed by atoms with van der Waals surface area (Å²) in [4.78, 5) is 22.9. The number of rotatable bonds is 3. The van der Waals surface area contributed by atoms with Gasteiger partial charge in [-0.05, 0) is 42.5 Å². The van der Waals surface area contributed by atoms with Gasteiger partial charge in [-0.15, -0.1) is 0 Å². The number of benzene rings is 2. The fraction of sp³-hybridized carbons (Fsp3) is 0.0667. The highest BCUT2D eigenvalue weighted by molar-refractivity contribution is 6.04. The molecule has 0 aliphatic heterocycles. The zero-order valence-corrected chi connectivity index (χ0v) is 10.8. The van der Waals surface area contributed by atoms with Crippen LogP contribution in [0.15, 0.2) is 48.5 Å². The first-order valence-corrected chi connectivity index (χ1v) is 5.99. The summed E-state index contributed by atoms with van der Waals surface area (Å²) in [6, 6.07) is 12.0. The lowest BCUT2D eigenvalue weighted by molar-refractivity contribution is -0.114. The Bertz CT molecular complexity index is 639. The maximum absolute atomic E-state index is 12.8. The summed E-state index contributed by atoms with van der Waals surface area (Å²) >= 11 is 0. The Morgan fingerprint density at radius 3 is 2.15 bits per heavy atom. The van der Waals surface area contributed by atoms with Crippen LogP contribution < -0.4 is 10.6 Å². The zero-order chi connectivity index (χ0) is 14.5. The van der Waals surface area contributed by atoms with E-state index in [0.717, 1.165) is 0 Å². The third-order valence-corrected chi connectivity index (χ3v) is 2.55. The first-order chi connectivity index (χ1) is 9.54. The molecule has 0 spiro atoms. The van der Waals surface area contributed by atoms with Crippen molar-refractivity contribution in [2.45, 2.75) is 6.92 Å². The molecule has 4 nitrogen and oxygen atoms in total. The van der Waals surface area contributed by atoms with Gasteiger partial charge in [0.2, 0.25) is 5.91 Å². The minimum atomic E-state index is -0.394. The minimum absolute atomic E-state index is 0.188. The molecule has 0 aromatic heterocycles. The average Bonchev–Trinajstić information content (AvgIpc) is 2.39. The van der Waals surface area contributed by atoms with Gasteiger partial charge in [0, 0.05) is 23.9 Å². The van der Waals surface area contributed by atoms with Crippen LogP contribution in [0.3, 0.4) is 0 Å². The molecule has 0 heterocycles. The van der Waals surface area contributed by atoms with Gasteiger partial charge in [0.05, 0.1) is 0 Å². The molecular formula is C15H13FN2O2. The van der Waals surface area contributed by atoms with Gasteiger partial charge >= 0.3 is 0 Å². The normalized spacial score (nSPS) is 9.90. The molecule has 5 heteroatoms. The van der Waals surface area contributed by atoms with Gasteiger partial charge in [0.25, 0.3) is 5.91 Å². The van der Waals surface area contributed by atoms with Crippen molar-refractivity contribution in [3.8, 4) is 0 Å². The van der Waals surface area contributed by atoms with Crippen LogP contribution in [0.25, 0.3) is 0 Å². The van der Waals surface area contributed by atoms with Crippen LogP contribution >= 0.6 is 0 Å². The predicted molar refractivity (Wildman–Crippen MR) is 75.1 cm³/mol. The van der Waals surface area contributed by atoms with Crippen molar-refractivity contribution < 1.29 is 14.0 Å². The van der Waals surface area contributed by atoms with Crippen LogP contribution in [0.5, 0.6) is 0 Å². The molecule has 0 saturated carbocycles. The Labute approximate surface area is 115 Å². The molecule has 2 rings (SSSR count). The van der Waals surface area contributed by atoms with E-state index >= 15 is 0 Å². The predicted octanol–water partition coefficient (Wildman–Crippen LogP) is 3.04. The van der Waals surface area contributed by atoms with Crippen LogP contribution in [-0.2, 0) is 4.79 Å². The van der Waals surface area contributed by atoms with Crippen molar-refractivity contribution in [1.29, 1.82) is 0 Å². The monoisotopic (exact) mass is 272 g/mol. The van der Waals surface area contributed by atoms with Crippen LogP contribution in [0.1, 0.15) is 17.3 Å². The molecule has 102 valence electrons. The Kier molecular flexibility index (Phi) is 4.10. The van der Waals surface area contributed by atoms with E-state index < -0.39 is 5.82 Å². The van der Waals surface area contributed by atoms with E-state index in [-0.39, 0.29) is 11.8 Å². The van der Waals surface area contributed by atoms with E-state index in [9.17, 15) is 14.0 Å². The molecule has 20 heavy (non-hydrogen) atoms. The minimum Gasteiger partial charge on any atom is -0.326 e. The Morgan fingerprint density at radius 1 is 0.950 bits per heavy atom. The van der Waals surface area contributed by atoms with Gasteiger partial charge < -0.3 is 10.6 Å². The van der Waals surface area contributed by atoms with E-state index in [0.29, 0.717) is 16.9 Å². The first-order valence-electron chi connectivity index (χ1n) is 5.99. The molecule has 0 atom stereocenters. The summed E-state index contributed by atoms with van der Waals surface area (Å²) in [5.74, 6) is -0.925. The standard InChI is InChI=1S/C15H13FN2O2/c1-10(19)17-13-3-2-4-14(9-13)18-15(20)11-5-7-12(16)8-6-11/h2-9H,1H3,(H,17,19)(H,18,20). The molecule has 0 aliphatic carbocycles. The summed E-state index contributed by atoms with van der Waals surface area (Å²) in [6.45, 7) is 1.41. The SMILES string of the molecule is CC(=O)Nc1cccc(NC(=O)c2ccc(F)cc2)c1. The summed E-state index contributed by atoms with van der Waals surface area (Å²) in [5, 5.41) is 5.30. The second kappa shape index (κ2) is 5.97. The molecule has 0 bridgehead atoms. The van der Waals surface area contributed by atoms with E-state index in [1.54, 1.807) is 24.3 Å². The van der Waals surface area contributed by atoms with E-state index in [2.05, 4.69) is 10.6 Å². The molecule has 2 N–H and O–H groups in total. The average molecular weight is 272 g/mol. The Morgan fingerprint density at radius 2 is 1.55 bits per heavy atom. The van der Waals surface area contributed by atoms with Gasteiger partial charge in [0.15, 0.2) is 0 Å². The summed E-state index contributed by atoms with van der Waals surface area (Å²) in [7, 11) is 0. The van der Waals surface area contributed by atoms with Crippen molar-refractivity contribution in [2.24, 2.45) is 0 Å². The summed E-state index contributed by atoms with van der Waals surface area (Å²) in [6.07, 6.45) is 0. The molecule has 2 amide bonds. The quantitative estimate of drug-likeness (QED) is 0.902. The maximum Gasteiger partial charge on any atom is 0.255 e. The van der Waals surface area contributed by atoms with E-state index in [1.807, 2.05) is 0 Å². The highest BCUT2D eigenvalue weighted by Crippen LogP contribution is 2.16. The van der Waals surface area contributed by atoms with Crippen molar-refractivity contribution in [2.75, 3.05) is 10.6 Å². The van der Waals surface area contributed by atoms with Gasteiger partial charge in [0.1, 0.15) is 5.82 Å². The number of hydrogen-bond donors (Lipinski definition) is 2. The fourth-order valence-electron chi connectivity index (χ4n) is 1.68. The Balaban J connectivity index is 2.11. The fourth-order valence-corrected chi connectivity index (χ4v) is 1.68. The van der Waals surface area contributed by atoms with Crippen LogP contribution in [-0.4, -0.2) is 11.8 Å². The largest absolute Gasteiger partial charge is 0.326 e. The van der Waals surface area contributed by atoms with Crippen LogP contribution in [0.4, 0.5) is 15.8 Å². The number of anilines is 2. The third-order valence-electron chi connectivity index (χ3n) is 2.55. The molecule has 0 aliphatic rings. The van der Waals surface area contributed by atoms with Crippen LogP contribution in [0.2, 0.25) is 0 Å². The number of nitrogens with one attached hydrogen (secondary N) is 2. The first kappa shape index (κ1) is 13.7. The number of amides is 2. The smallest absolute Gasteiger partial charge is 0.255 e. The maximum atomic E-state index is 12.8. The van der Waals surface area contributed by atoms with Crippen molar-refractivity contribution in [3.63, 3.8) is 0 Å². The van der Waals surface area contributed by atoms with Crippen molar-refractivity contribution in [3.05, 3.63) is 59.9 Å². The van der Waals surface area contributed by atoms with E-state index in [4.69, 9.17) is 0 Å². The highest BCUT2D eigenvalue weighted by atomic mass is 19.1. The number of halogens is 1. The van der Waals surface area contributed by atoms with Gasteiger partial charge in [-0.1, -0.05) is 6.07 Å². The number of carbonyl (C=O) groups excluding carboxylic acids is 2. The highest BCUT2D eigenvalue weighted by Gasteiger charge is 2.06. The topological polar surface area (TPSA) is 58.2 Å². The lowest BCUT2D eigenvalue weighted by Crippen LogP contribution is -2.12. The lowest BCUT2D eigenvalue weighted by atomic mass is 10.2. The van der Waals surface area contributed by atoms with Gasteiger partial charge in [-0.3, -0.25) is 9.59 Å². The lowest BCUT2D eigenvalue weighted by Gasteiger charge is -2.07. The third kappa shape index (κ3) is 3.65. The van der Waals surface area contributed by atoms with Gasteiger partial charge in [-0.2, -0.15) is 0 Å². The second-order valence-electron chi connectivity index (χ2n) is 4.22.